The van der Waals surface area contributed by atoms with Crippen LogP contribution in [0, 0.1) is 11.8 Å². The quantitative estimate of drug-likeness (QED) is 0.573. The van der Waals surface area contributed by atoms with Crippen LogP contribution in [0.5, 0.6) is 0 Å². The van der Waals surface area contributed by atoms with Crippen molar-refractivity contribution in [3.63, 3.8) is 0 Å². The summed E-state index contributed by atoms with van der Waals surface area (Å²) >= 11 is 0. The van der Waals surface area contributed by atoms with E-state index in [1.165, 1.54) is 25.7 Å². The first-order valence-corrected chi connectivity index (χ1v) is 7.44. The average molecular weight is 258 g/mol. The molecule has 18 heavy (non-hydrogen) atoms. The molecule has 0 aromatic rings. The Balaban J connectivity index is 2.26. The van der Waals surface area contributed by atoms with Crippen LogP contribution in [-0.2, 0) is 0 Å². The minimum Gasteiger partial charge on any atom is -0.396 e. The summed E-state index contributed by atoms with van der Waals surface area (Å²) in [5.41, 5.74) is 5.72. The molecule has 4 heteroatoms. The van der Waals surface area contributed by atoms with Crippen LogP contribution in [0.3, 0.4) is 0 Å². The molecular weight excluding hydrogens is 228 g/mol. The molecule has 0 amide bonds. The van der Waals surface area contributed by atoms with Gasteiger partial charge in [-0.25, -0.2) is 0 Å². The molecule has 0 aromatic carbocycles. The van der Waals surface area contributed by atoms with Crippen LogP contribution in [0.15, 0.2) is 0 Å². The van der Waals surface area contributed by atoms with Gasteiger partial charge in [0.05, 0.1) is 0 Å². The number of rotatable bonds is 9. The van der Waals surface area contributed by atoms with Crippen molar-refractivity contribution in [3.8, 4) is 0 Å². The maximum atomic E-state index is 8.92. The van der Waals surface area contributed by atoms with Crippen molar-refractivity contribution in [2.45, 2.75) is 38.5 Å². The summed E-state index contributed by atoms with van der Waals surface area (Å²) in [6.45, 7) is 4.38. The lowest BCUT2D eigenvalue weighted by Gasteiger charge is -2.32. The summed E-state index contributed by atoms with van der Waals surface area (Å²) in [6.07, 6.45) is 6.80. The Morgan fingerprint density at radius 3 is 1.83 bits per heavy atom. The SMILES string of the molecule is NCC1CCC(CN(CCCO)CCCO)CC1. The largest absolute Gasteiger partial charge is 0.396 e. The monoisotopic (exact) mass is 258 g/mol. The fourth-order valence-corrected chi connectivity index (χ4v) is 2.90. The van der Waals surface area contributed by atoms with Gasteiger partial charge in [-0.15, -0.1) is 0 Å². The van der Waals surface area contributed by atoms with E-state index in [4.69, 9.17) is 15.9 Å². The molecule has 0 atom stereocenters. The number of hydrogen-bond donors (Lipinski definition) is 3. The van der Waals surface area contributed by atoms with E-state index >= 15 is 0 Å². The first kappa shape index (κ1) is 15.9. The fourth-order valence-electron chi connectivity index (χ4n) is 2.90. The zero-order chi connectivity index (χ0) is 13.2. The Kier molecular flexibility index (Phi) is 8.59. The smallest absolute Gasteiger partial charge is 0.0443 e. The van der Waals surface area contributed by atoms with Crippen LogP contribution in [-0.4, -0.2) is 54.5 Å². The van der Waals surface area contributed by atoms with Crippen LogP contribution < -0.4 is 5.73 Å². The predicted octanol–water partition coefficient (Wildman–Crippen LogP) is 0.818. The van der Waals surface area contributed by atoms with Crippen molar-refractivity contribution >= 4 is 0 Å². The minimum atomic E-state index is 0.259. The summed E-state index contributed by atoms with van der Waals surface area (Å²) in [7, 11) is 0. The highest BCUT2D eigenvalue weighted by atomic mass is 16.3. The summed E-state index contributed by atoms with van der Waals surface area (Å²) in [5.74, 6) is 1.52. The van der Waals surface area contributed by atoms with Gasteiger partial charge in [0.25, 0.3) is 0 Å². The molecule has 1 saturated carbocycles. The van der Waals surface area contributed by atoms with Crippen LogP contribution in [0.4, 0.5) is 0 Å². The van der Waals surface area contributed by atoms with Gasteiger partial charge in [0.15, 0.2) is 0 Å². The first-order chi connectivity index (χ1) is 8.80. The molecule has 0 bridgehead atoms. The molecule has 1 fully saturated rings. The van der Waals surface area contributed by atoms with Crippen molar-refractivity contribution < 1.29 is 10.2 Å². The van der Waals surface area contributed by atoms with E-state index in [2.05, 4.69) is 4.90 Å². The first-order valence-electron chi connectivity index (χ1n) is 7.44. The van der Waals surface area contributed by atoms with Gasteiger partial charge >= 0.3 is 0 Å². The van der Waals surface area contributed by atoms with Crippen molar-refractivity contribution in [3.05, 3.63) is 0 Å². The summed E-state index contributed by atoms with van der Waals surface area (Å²) in [4.78, 5) is 2.40. The minimum absolute atomic E-state index is 0.259. The van der Waals surface area contributed by atoms with E-state index in [0.29, 0.717) is 0 Å². The third kappa shape index (κ3) is 6.14. The zero-order valence-corrected chi connectivity index (χ0v) is 11.6. The van der Waals surface area contributed by atoms with Crippen molar-refractivity contribution in [2.75, 3.05) is 39.4 Å². The lowest BCUT2D eigenvalue weighted by atomic mass is 9.82. The molecule has 0 saturated heterocycles. The molecule has 4 nitrogen and oxygen atoms in total. The van der Waals surface area contributed by atoms with Gasteiger partial charge in [-0.05, 0) is 56.9 Å². The van der Waals surface area contributed by atoms with Gasteiger partial charge < -0.3 is 20.8 Å². The molecule has 0 radical (unpaired) electrons. The highest BCUT2D eigenvalue weighted by Crippen LogP contribution is 2.28. The van der Waals surface area contributed by atoms with Crippen molar-refractivity contribution in [2.24, 2.45) is 17.6 Å². The van der Waals surface area contributed by atoms with Crippen LogP contribution in [0.1, 0.15) is 38.5 Å². The average Bonchev–Trinajstić information content (AvgIpc) is 2.42. The Labute approximate surface area is 111 Å². The summed E-state index contributed by atoms with van der Waals surface area (Å²) in [5, 5.41) is 17.8. The topological polar surface area (TPSA) is 69.7 Å². The van der Waals surface area contributed by atoms with Gasteiger partial charge in [0.2, 0.25) is 0 Å². The maximum absolute atomic E-state index is 8.92. The Morgan fingerprint density at radius 1 is 0.889 bits per heavy atom. The molecular formula is C14H30N2O2. The predicted molar refractivity (Wildman–Crippen MR) is 74.3 cm³/mol. The second-order valence-electron chi connectivity index (χ2n) is 5.58. The Bertz CT molecular complexity index is 186. The Hall–Kier alpha value is -0.160. The van der Waals surface area contributed by atoms with Crippen molar-refractivity contribution in [1.82, 2.24) is 4.90 Å². The van der Waals surface area contributed by atoms with Crippen LogP contribution in [0.25, 0.3) is 0 Å². The third-order valence-corrected chi connectivity index (χ3v) is 4.08. The van der Waals surface area contributed by atoms with Gasteiger partial charge in [0, 0.05) is 32.8 Å². The maximum Gasteiger partial charge on any atom is 0.0443 e. The highest BCUT2D eigenvalue weighted by Gasteiger charge is 2.21. The van der Waals surface area contributed by atoms with E-state index < -0.39 is 0 Å². The summed E-state index contributed by atoms with van der Waals surface area (Å²) < 4.78 is 0. The molecule has 108 valence electrons. The third-order valence-electron chi connectivity index (χ3n) is 4.08. The highest BCUT2D eigenvalue weighted by molar-refractivity contribution is 4.75. The normalized spacial score (nSPS) is 24.7. The lowest BCUT2D eigenvalue weighted by Crippen LogP contribution is -2.34. The van der Waals surface area contributed by atoms with E-state index in [0.717, 1.165) is 50.9 Å². The molecule has 0 heterocycles. The van der Waals surface area contributed by atoms with E-state index in [1.807, 2.05) is 0 Å². The summed E-state index contributed by atoms with van der Waals surface area (Å²) in [6, 6.07) is 0. The molecule has 1 aliphatic rings. The van der Waals surface area contributed by atoms with Gasteiger partial charge in [-0.2, -0.15) is 0 Å². The van der Waals surface area contributed by atoms with E-state index in [1.54, 1.807) is 0 Å². The molecule has 0 aliphatic heterocycles. The number of nitrogens with zero attached hydrogens (tertiary/aromatic N) is 1. The standard InChI is InChI=1S/C14H30N2O2/c15-11-13-3-5-14(6-4-13)12-16(7-1-9-17)8-2-10-18/h13-14,17-18H,1-12,15H2. The molecule has 0 aromatic heterocycles. The van der Waals surface area contributed by atoms with Gasteiger partial charge in [-0.3, -0.25) is 0 Å². The van der Waals surface area contributed by atoms with Crippen LogP contribution in [0.2, 0.25) is 0 Å². The van der Waals surface area contributed by atoms with Crippen LogP contribution >= 0.6 is 0 Å². The fraction of sp³-hybridized carbons (Fsp3) is 1.00. The van der Waals surface area contributed by atoms with Gasteiger partial charge in [0.1, 0.15) is 0 Å². The second kappa shape index (κ2) is 9.73. The molecule has 4 N–H and O–H groups in total. The van der Waals surface area contributed by atoms with E-state index in [-0.39, 0.29) is 13.2 Å². The second-order valence-corrected chi connectivity index (χ2v) is 5.58. The zero-order valence-electron chi connectivity index (χ0n) is 11.6. The molecule has 1 aliphatic carbocycles. The molecule has 0 spiro atoms. The lowest BCUT2D eigenvalue weighted by molar-refractivity contribution is 0.156. The Morgan fingerprint density at radius 2 is 1.39 bits per heavy atom. The number of aliphatic hydroxyl groups is 2. The molecule has 1 rings (SSSR count). The number of nitrogens with two attached hydrogens (primary N) is 1. The van der Waals surface area contributed by atoms with Crippen molar-refractivity contribution in [1.29, 1.82) is 0 Å². The van der Waals surface area contributed by atoms with E-state index in [9.17, 15) is 0 Å². The number of hydrogen-bond acceptors (Lipinski definition) is 4. The molecule has 0 unspecified atom stereocenters. The number of aliphatic hydroxyl groups excluding tert-OH is 2. The van der Waals surface area contributed by atoms with Gasteiger partial charge in [-0.1, -0.05) is 0 Å².